The molecule has 2 aromatic carbocycles. The monoisotopic (exact) mass is 549 g/mol. The molecule has 1 N–H and O–H groups in total. The van der Waals surface area contributed by atoms with Crippen molar-refractivity contribution >= 4 is 10.9 Å². The maximum Gasteiger partial charge on any atom is 0.253 e. The van der Waals surface area contributed by atoms with Gasteiger partial charge in [-0.2, -0.15) is 0 Å². The number of hydrogen-bond acceptors (Lipinski definition) is 8. The van der Waals surface area contributed by atoms with Crippen LogP contribution in [-0.4, -0.2) is 41.9 Å². The maximum atomic E-state index is 13.9. The van der Waals surface area contributed by atoms with Gasteiger partial charge in [-0.05, 0) is 52.6 Å². The summed E-state index contributed by atoms with van der Waals surface area (Å²) in [4.78, 5) is 23.6. The normalized spacial score (nSPS) is 15.9. The molecule has 10 heteroatoms. The highest BCUT2D eigenvalue weighted by Crippen LogP contribution is 2.38. The second-order valence-corrected chi connectivity index (χ2v) is 10.8. The third-order valence-corrected chi connectivity index (χ3v) is 8.05. The largest absolute Gasteiger partial charge is 0.454 e. The number of benzene rings is 2. The first-order valence-electron chi connectivity index (χ1n) is 14.1. The molecule has 208 valence electrons. The first-order chi connectivity index (χ1) is 20.2. The molecule has 4 heterocycles. The summed E-state index contributed by atoms with van der Waals surface area (Å²) in [6.07, 6.45) is 9.17. The van der Waals surface area contributed by atoms with Crippen LogP contribution in [0.2, 0.25) is 0 Å². The van der Waals surface area contributed by atoms with Crippen LogP contribution in [0, 0.1) is 0 Å². The standard InChI is InChI=1S/C31H31N7O3/c39-31-25(14-23-15-27-28(41-20-40-27)16-26(23)33-31)29(30-34-35-36-38(30)24-11-5-2-6-12-24)37(18-21-8-3-1-4-9-21)19-22-10-7-13-32-17-22/h1,3-4,7-10,13-17,24,29H,2,5-6,11-12,18-20H2,(H,33,39)/t29-/m0/s1. The van der Waals surface area contributed by atoms with Gasteiger partial charge in [0.25, 0.3) is 5.56 Å². The van der Waals surface area contributed by atoms with Crippen LogP contribution < -0.4 is 15.0 Å². The Kier molecular flexibility index (Phi) is 6.90. The minimum absolute atomic E-state index is 0.164. The lowest BCUT2D eigenvalue weighted by Crippen LogP contribution is -2.35. The number of pyridine rings is 2. The predicted molar refractivity (Wildman–Crippen MR) is 152 cm³/mol. The zero-order valence-corrected chi connectivity index (χ0v) is 22.6. The van der Waals surface area contributed by atoms with Gasteiger partial charge in [0.2, 0.25) is 6.79 Å². The van der Waals surface area contributed by atoms with E-state index in [9.17, 15) is 4.79 Å². The van der Waals surface area contributed by atoms with Crippen molar-refractivity contribution in [2.75, 3.05) is 6.79 Å². The zero-order chi connectivity index (χ0) is 27.6. The number of tetrazole rings is 1. The topological polar surface area (TPSA) is 111 Å². The summed E-state index contributed by atoms with van der Waals surface area (Å²) in [7, 11) is 0. The van der Waals surface area contributed by atoms with Crippen molar-refractivity contribution in [3.8, 4) is 11.5 Å². The Balaban J connectivity index is 1.40. The molecule has 5 aromatic rings. The van der Waals surface area contributed by atoms with Crippen molar-refractivity contribution in [3.63, 3.8) is 0 Å². The summed E-state index contributed by atoms with van der Waals surface area (Å²) in [5, 5.41) is 14.1. The van der Waals surface area contributed by atoms with Gasteiger partial charge < -0.3 is 14.5 Å². The van der Waals surface area contributed by atoms with Gasteiger partial charge in [-0.15, -0.1) is 5.10 Å². The summed E-state index contributed by atoms with van der Waals surface area (Å²) >= 11 is 0. The molecule has 0 amide bonds. The maximum absolute atomic E-state index is 13.9. The lowest BCUT2D eigenvalue weighted by atomic mass is 9.95. The molecule has 7 rings (SSSR count). The van der Waals surface area contributed by atoms with E-state index in [2.05, 4.69) is 48.6 Å². The van der Waals surface area contributed by atoms with Gasteiger partial charge >= 0.3 is 0 Å². The number of rotatable bonds is 8. The summed E-state index contributed by atoms with van der Waals surface area (Å²) in [6.45, 7) is 1.29. The van der Waals surface area contributed by atoms with Gasteiger partial charge in [0, 0.05) is 42.5 Å². The quantitative estimate of drug-likeness (QED) is 0.290. The van der Waals surface area contributed by atoms with Gasteiger partial charge in [-0.3, -0.25) is 14.7 Å². The van der Waals surface area contributed by atoms with E-state index in [0.29, 0.717) is 41.5 Å². The van der Waals surface area contributed by atoms with Crippen LogP contribution in [-0.2, 0) is 13.1 Å². The number of aromatic nitrogens is 6. The molecular formula is C31H31N7O3. The van der Waals surface area contributed by atoms with Crippen molar-refractivity contribution in [1.82, 2.24) is 35.1 Å². The van der Waals surface area contributed by atoms with Crippen molar-refractivity contribution in [2.24, 2.45) is 0 Å². The molecule has 41 heavy (non-hydrogen) atoms. The summed E-state index contributed by atoms with van der Waals surface area (Å²) in [6, 6.07) is 19.6. The zero-order valence-electron chi connectivity index (χ0n) is 22.6. The third-order valence-electron chi connectivity index (χ3n) is 8.05. The second kappa shape index (κ2) is 11.1. The molecule has 1 aliphatic carbocycles. The molecule has 1 fully saturated rings. The van der Waals surface area contributed by atoms with Gasteiger partial charge in [-0.1, -0.05) is 55.7 Å². The summed E-state index contributed by atoms with van der Waals surface area (Å²) in [5.41, 5.74) is 3.23. The Bertz CT molecular complexity index is 1660. The molecule has 1 aliphatic heterocycles. The van der Waals surface area contributed by atoms with E-state index in [0.717, 1.165) is 42.2 Å². The molecule has 0 spiro atoms. The van der Waals surface area contributed by atoms with E-state index >= 15 is 0 Å². The lowest BCUT2D eigenvalue weighted by molar-refractivity contribution is 0.174. The fourth-order valence-electron chi connectivity index (χ4n) is 6.06. The highest BCUT2D eigenvalue weighted by Gasteiger charge is 2.33. The van der Waals surface area contributed by atoms with E-state index in [4.69, 9.17) is 9.47 Å². The number of hydrogen-bond donors (Lipinski definition) is 1. The molecule has 0 saturated heterocycles. The van der Waals surface area contributed by atoms with E-state index in [-0.39, 0.29) is 18.4 Å². The number of H-pyrrole nitrogens is 1. The van der Waals surface area contributed by atoms with Gasteiger partial charge in [-0.25, -0.2) is 4.68 Å². The molecule has 0 unspecified atom stereocenters. The van der Waals surface area contributed by atoms with Crippen LogP contribution in [0.5, 0.6) is 11.5 Å². The lowest BCUT2D eigenvalue weighted by Gasteiger charge is -2.32. The Morgan fingerprint density at radius 2 is 1.73 bits per heavy atom. The van der Waals surface area contributed by atoms with Crippen molar-refractivity contribution in [2.45, 2.75) is 57.3 Å². The van der Waals surface area contributed by atoms with Crippen molar-refractivity contribution < 1.29 is 9.47 Å². The smallest absolute Gasteiger partial charge is 0.253 e. The molecule has 0 bridgehead atoms. The van der Waals surface area contributed by atoms with E-state index in [1.807, 2.05) is 53.3 Å². The molecular weight excluding hydrogens is 518 g/mol. The number of nitrogens with one attached hydrogen (secondary N) is 1. The minimum atomic E-state index is -0.522. The van der Waals surface area contributed by atoms with Crippen molar-refractivity contribution in [1.29, 1.82) is 0 Å². The van der Waals surface area contributed by atoms with Crippen LogP contribution in [0.3, 0.4) is 0 Å². The Morgan fingerprint density at radius 1 is 0.951 bits per heavy atom. The average Bonchev–Trinajstić information content (AvgIpc) is 3.68. The number of nitrogens with zero attached hydrogens (tertiary/aromatic N) is 6. The van der Waals surface area contributed by atoms with Gasteiger partial charge in [0.05, 0.1) is 11.6 Å². The van der Waals surface area contributed by atoms with E-state index < -0.39 is 6.04 Å². The fraction of sp³-hybridized carbons (Fsp3) is 0.323. The molecule has 3 aromatic heterocycles. The Labute approximate surface area is 236 Å². The second-order valence-electron chi connectivity index (χ2n) is 10.8. The predicted octanol–water partition coefficient (Wildman–Crippen LogP) is 4.94. The van der Waals surface area contributed by atoms with Gasteiger partial charge in [0.15, 0.2) is 17.3 Å². The SMILES string of the molecule is O=c1[nH]c2cc3c(cc2cc1[C@@H](c1nnnn1C1CCCCC1)N(Cc1ccccc1)Cc1cccnc1)OCO3. The van der Waals surface area contributed by atoms with Crippen molar-refractivity contribution in [3.05, 3.63) is 106 Å². The van der Waals surface area contributed by atoms with Crippen LogP contribution in [0.15, 0.2) is 77.9 Å². The number of aromatic amines is 1. The number of fused-ring (bicyclic) bond motifs is 2. The summed E-state index contributed by atoms with van der Waals surface area (Å²) in [5.74, 6) is 1.96. The fourth-order valence-corrected chi connectivity index (χ4v) is 6.06. The van der Waals surface area contributed by atoms with Gasteiger partial charge in [0.1, 0.15) is 6.04 Å². The molecule has 10 nitrogen and oxygen atoms in total. The highest BCUT2D eigenvalue weighted by molar-refractivity contribution is 5.83. The Hall–Kier alpha value is -4.57. The van der Waals surface area contributed by atoms with Crippen LogP contribution in [0.1, 0.15) is 66.7 Å². The minimum Gasteiger partial charge on any atom is -0.454 e. The first-order valence-corrected chi connectivity index (χ1v) is 14.1. The van der Waals surface area contributed by atoms with Crippen LogP contribution in [0.25, 0.3) is 10.9 Å². The van der Waals surface area contributed by atoms with Crippen LogP contribution in [0.4, 0.5) is 0 Å². The number of ether oxygens (including phenoxy) is 2. The molecule has 1 atom stereocenters. The van der Waals surface area contributed by atoms with E-state index in [1.54, 1.807) is 6.20 Å². The van der Waals surface area contributed by atoms with Crippen LogP contribution >= 0.6 is 0 Å². The Morgan fingerprint density at radius 3 is 2.54 bits per heavy atom. The first kappa shape index (κ1) is 25.4. The molecule has 2 aliphatic rings. The molecule has 0 radical (unpaired) electrons. The van der Waals surface area contributed by atoms with E-state index in [1.165, 1.54) is 6.42 Å². The summed E-state index contributed by atoms with van der Waals surface area (Å²) < 4.78 is 13.2. The average molecular weight is 550 g/mol. The third kappa shape index (κ3) is 5.18. The molecule has 1 saturated carbocycles. The highest BCUT2D eigenvalue weighted by atomic mass is 16.7.